The number of hydrogen-bond donors (Lipinski definition) is 0. The lowest BCUT2D eigenvalue weighted by Gasteiger charge is -2.12. The molecule has 35 heavy (non-hydrogen) atoms. The van der Waals surface area contributed by atoms with Crippen molar-refractivity contribution in [3.63, 3.8) is 0 Å². The van der Waals surface area contributed by atoms with Crippen LogP contribution in [0.25, 0.3) is 81.5 Å². The van der Waals surface area contributed by atoms with Crippen molar-refractivity contribution < 1.29 is 0 Å². The van der Waals surface area contributed by atoms with E-state index < -0.39 is 0 Å². The van der Waals surface area contributed by atoms with Crippen LogP contribution in [0.1, 0.15) is 0 Å². The van der Waals surface area contributed by atoms with Crippen LogP contribution in [-0.4, -0.2) is 4.40 Å². The van der Waals surface area contributed by atoms with Gasteiger partial charge in [-0.15, -0.1) is 0 Å². The van der Waals surface area contributed by atoms with Gasteiger partial charge in [0.05, 0.1) is 16.6 Å². The number of fused-ring (bicyclic) bond motifs is 8. The minimum absolute atomic E-state index is 1.26. The summed E-state index contributed by atoms with van der Waals surface area (Å²) in [6.45, 7) is 0. The third-order valence-corrected chi connectivity index (χ3v) is 8.06. The summed E-state index contributed by atoms with van der Waals surface area (Å²) in [4.78, 5) is 0. The molecule has 0 unspecified atom stereocenters. The van der Waals surface area contributed by atoms with E-state index in [0.29, 0.717) is 0 Å². The van der Waals surface area contributed by atoms with Crippen LogP contribution in [0.5, 0.6) is 0 Å². The lowest BCUT2D eigenvalue weighted by Crippen LogP contribution is -1.88. The zero-order valence-electron chi connectivity index (χ0n) is 18.9. The highest BCUT2D eigenvalue weighted by Crippen LogP contribution is 2.49. The number of para-hydroxylation sites is 1. The molecule has 0 atom stereocenters. The Morgan fingerprint density at radius 2 is 1.03 bits per heavy atom. The monoisotopic (exact) mass is 441 g/mol. The number of nitrogens with zero attached hydrogens (tertiary/aromatic N) is 1. The molecule has 0 aliphatic rings. The molecule has 0 saturated carbocycles. The second-order valence-corrected chi connectivity index (χ2v) is 9.73. The Morgan fingerprint density at radius 1 is 0.400 bits per heavy atom. The molecule has 0 amide bonds. The SMILES string of the molecule is c1ccc2cc(-c3ccc4c5ccccc5c5ccc6c7ccccc7n7c3c4c5c67)ccc2c1. The molecule has 0 aliphatic carbocycles. The molecule has 160 valence electrons. The van der Waals surface area contributed by atoms with Gasteiger partial charge >= 0.3 is 0 Å². The standard InChI is InChI=1S/C34H19N/c1-2-8-21-19-22(14-13-20(21)7-1)23-15-16-27-24-9-3-4-10-25(24)28-17-18-29-26-11-5-6-12-30(26)35-33(23)31(27)32(28)34(29)35/h1-19H. The minimum Gasteiger partial charge on any atom is -0.307 e. The van der Waals surface area contributed by atoms with Crippen molar-refractivity contribution in [1.82, 2.24) is 4.40 Å². The van der Waals surface area contributed by atoms with Crippen LogP contribution in [0.2, 0.25) is 0 Å². The molecule has 2 aromatic heterocycles. The smallest absolute Gasteiger partial charge is 0.0627 e. The van der Waals surface area contributed by atoms with Gasteiger partial charge in [0.1, 0.15) is 0 Å². The van der Waals surface area contributed by atoms with Gasteiger partial charge in [0.2, 0.25) is 0 Å². The maximum Gasteiger partial charge on any atom is 0.0627 e. The van der Waals surface area contributed by atoms with Gasteiger partial charge in [0.25, 0.3) is 0 Å². The number of benzene rings is 7. The molecule has 0 saturated heterocycles. The molecule has 0 bridgehead atoms. The van der Waals surface area contributed by atoms with Gasteiger partial charge in [-0.25, -0.2) is 0 Å². The fourth-order valence-electron chi connectivity index (χ4n) is 6.61. The second kappa shape index (κ2) is 6.08. The van der Waals surface area contributed by atoms with E-state index in [9.17, 15) is 0 Å². The molecule has 0 aliphatic heterocycles. The third kappa shape index (κ3) is 2.06. The largest absolute Gasteiger partial charge is 0.307 e. The first-order valence-corrected chi connectivity index (χ1v) is 12.2. The average Bonchev–Trinajstić information content (AvgIpc) is 3.45. The molecule has 0 spiro atoms. The van der Waals surface area contributed by atoms with Gasteiger partial charge in [-0.05, 0) is 50.0 Å². The molecule has 1 nitrogen and oxygen atoms in total. The molecular formula is C34H19N. The Labute approximate surface area is 201 Å². The van der Waals surface area contributed by atoms with E-state index in [-0.39, 0.29) is 0 Å². The quantitative estimate of drug-likeness (QED) is 0.223. The summed E-state index contributed by atoms with van der Waals surface area (Å²) in [6, 6.07) is 42.6. The summed E-state index contributed by atoms with van der Waals surface area (Å²) >= 11 is 0. The highest BCUT2D eigenvalue weighted by atomic mass is 14.9. The molecule has 9 aromatic rings. The van der Waals surface area contributed by atoms with E-state index in [1.165, 1.54) is 81.5 Å². The zero-order chi connectivity index (χ0) is 22.7. The molecule has 1 heteroatoms. The zero-order valence-corrected chi connectivity index (χ0v) is 18.9. The van der Waals surface area contributed by atoms with Crippen LogP contribution in [-0.2, 0) is 0 Å². The summed E-state index contributed by atoms with van der Waals surface area (Å²) < 4.78 is 2.54. The van der Waals surface area contributed by atoms with E-state index in [2.05, 4.69) is 120 Å². The fraction of sp³-hybridized carbons (Fsp3) is 0. The van der Waals surface area contributed by atoms with Gasteiger partial charge in [-0.3, -0.25) is 0 Å². The van der Waals surface area contributed by atoms with Crippen LogP contribution < -0.4 is 0 Å². The van der Waals surface area contributed by atoms with Gasteiger partial charge < -0.3 is 4.40 Å². The Bertz CT molecular complexity index is 2260. The van der Waals surface area contributed by atoms with Crippen LogP contribution in [0.4, 0.5) is 0 Å². The van der Waals surface area contributed by atoms with Crippen molar-refractivity contribution >= 4 is 70.4 Å². The van der Waals surface area contributed by atoms with E-state index in [1.54, 1.807) is 0 Å². The lowest BCUT2D eigenvalue weighted by atomic mass is 9.91. The van der Waals surface area contributed by atoms with E-state index in [4.69, 9.17) is 0 Å². The second-order valence-electron chi connectivity index (χ2n) is 9.73. The highest BCUT2D eigenvalue weighted by molar-refractivity contribution is 6.39. The molecule has 0 N–H and O–H groups in total. The van der Waals surface area contributed by atoms with Crippen LogP contribution >= 0.6 is 0 Å². The van der Waals surface area contributed by atoms with Crippen LogP contribution in [0.3, 0.4) is 0 Å². The number of aromatic nitrogens is 1. The normalized spacial score (nSPS) is 12.6. The first kappa shape index (κ1) is 17.8. The van der Waals surface area contributed by atoms with Gasteiger partial charge in [0, 0.05) is 27.1 Å². The highest BCUT2D eigenvalue weighted by Gasteiger charge is 2.24. The molecule has 0 radical (unpaired) electrons. The number of hydrogen-bond acceptors (Lipinski definition) is 0. The third-order valence-electron chi connectivity index (χ3n) is 8.06. The average molecular weight is 442 g/mol. The van der Waals surface area contributed by atoms with E-state index in [1.807, 2.05) is 0 Å². The Morgan fingerprint density at radius 3 is 1.86 bits per heavy atom. The van der Waals surface area contributed by atoms with Crippen molar-refractivity contribution in [2.45, 2.75) is 0 Å². The maximum absolute atomic E-state index is 2.54. The fourth-order valence-corrected chi connectivity index (χ4v) is 6.61. The molecule has 2 heterocycles. The van der Waals surface area contributed by atoms with Crippen molar-refractivity contribution in [3.05, 3.63) is 115 Å². The van der Waals surface area contributed by atoms with Crippen LogP contribution in [0, 0.1) is 0 Å². The molecule has 9 rings (SSSR count). The van der Waals surface area contributed by atoms with Gasteiger partial charge in [0.15, 0.2) is 0 Å². The summed E-state index contributed by atoms with van der Waals surface area (Å²) in [5.74, 6) is 0. The van der Waals surface area contributed by atoms with E-state index >= 15 is 0 Å². The number of rotatable bonds is 1. The predicted molar refractivity (Wildman–Crippen MR) is 150 cm³/mol. The first-order chi connectivity index (χ1) is 17.4. The lowest BCUT2D eigenvalue weighted by molar-refractivity contribution is 1.37. The van der Waals surface area contributed by atoms with Crippen LogP contribution in [0.15, 0.2) is 115 Å². The molecular weight excluding hydrogens is 422 g/mol. The first-order valence-electron chi connectivity index (χ1n) is 12.2. The van der Waals surface area contributed by atoms with Crippen molar-refractivity contribution in [2.75, 3.05) is 0 Å². The summed E-state index contributed by atoms with van der Waals surface area (Å²) in [7, 11) is 0. The minimum atomic E-state index is 1.26. The summed E-state index contributed by atoms with van der Waals surface area (Å²) in [5, 5.41) is 13.3. The summed E-state index contributed by atoms with van der Waals surface area (Å²) in [6.07, 6.45) is 0. The molecule has 7 aromatic carbocycles. The van der Waals surface area contributed by atoms with Gasteiger partial charge in [-0.1, -0.05) is 103 Å². The van der Waals surface area contributed by atoms with E-state index in [0.717, 1.165) is 0 Å². The Kier molecular flexibility index (Phi) is 3.09. The topological polar surface area (TPSA) is 4.41 Å². The summed E-state index contributed by atoms with van der Waals surface area (Å²) in [5.41, 5.74) is 6.51. The van der Waals surface area contributed by atoms with Gasteiger partial charge in [-0.2, -0.15) is 0 Å². The van der Waals surface area contributed by atoms with Crippen molar-refractivity contribution in [1.29, 1.82) is 0 Å². The maximum atomic E-state index is 2.54. The molecule has 0 fully saturated rings. The predicted octanol–water partition coefficient (Wildman–Crippen LogP) is 9.40. The van der Waals surface area contributed by atoms with Crippen molar-refractivity contribution in [3.8, 4) is 11.1 Å². The Hall–Kier alpha value is -4.62. The Balaban J connectivity index is 1.60. The van der Waals surface area contributed by atoms with Crippen molar-refractivity contribution in [2.24, 2.45) is 0 Å².